The minimum atomic E-state index is -3.79. The second kappa shape index (κ2) is 7.96. The lowest BCUT2D eigenvalue weighted by Crippen LogP contribution is -2.38. The molecule has 4 N–H and O–H groups in total. The van der Waals surface area contributed by atoms with Crippen LogP contribution in [0.3, 0.4) is 0 Å². The Hall–Kier alpha value is -2.79. The fraction of sp³-hybridized carbons (Fsp3) is 0.364. The highest BCUT2D eigenvalue weighted by atomic mass is 32.2. The molecular formula is C22H26N6O3S. The maximum atomic E-state index is 11.5. The third-order valence-corrected chi connectivity index (χ3v) is 7.50. The minimum absolute atomic E-state index is 0.141. The minimum Gasteiger partial charge on any atom is -0.389 e. The number of aryl methyl sites for hydroxylation is 1. The molecule has 2 heterocycles. The maximum Gasteiger partial charge on any atom is 0.276 e. The molecule has 0 aliphatic heterocycles. The molecule has 2 aromatic heterocycles. The Morgan fingerprint density at radius 3 is 2.91 bits per heavy atom. The number of rotatable bonds is 6. The van der Waals surface area contributed by atoms with Crippen molar-refractivity contribution in [2.45, 2.75) is 31.4 Å². The lowest BCUT2D eigenvalue weighted by molar-refractivity contribution is 0.152. The molecule has 0 bridgehead atoms. The van der Waals surface area contributed by atoms with Gasteiger partial charge in [-0.1, -0.05) is 24.3 Å². The molecule has 0 unspecified atom stereocenters. The highest BCUT2D eigenvalue weighted by Crippen LogP contribution is 2.36. The van der Waals surface area contributed by atoms with E-state index in [0.29, 0.717) is 6.42 Å². The van der Waals surface area contributed by atoms with E-state index in [9.17, 15) is 13.5 Å². The second-order valence-electron chi connectivity index (χ2n) is 8.52. The number of fused-ring (bicyclic) bond motifs is 2. The molecule has 0 fully saturated rings. The summed E-state index contributed by atoms with van der Waals surface area (Å²) in [5, 5.41) is 20.2. The number of nitrogens with two attached hydrogens (primary N) is 1. The zero-order chi connectivity index (χ0) is 22.5. The monoisotopic (exact) mass is 454 g/mol. The van der Waals surface area contributed by atoms with Crippen LogP contribution < -0.4 is 10.5 Å². The summed E-state index contributed by atoms with van der Waals surface area (Å²) in [4.78, 5) is 8.97. The standard InChI is InChI=1S/C22H26N6O3S/c1-27(32(23,30)31)12-15-10-16(11-20(15)29)28-9-8-18-21(24-13-25-22(18)28)26-19-7-6-14-4-2-3-5-17(14)19/h2-5,8-9,11,13,15,19-20,29H,6-7,10,12H2,1H3,(H2,23,30,31)(H,24,25,26)/t15-,19-,20-/m0/s1. The molecule has 32 heavy (non-hydrogen) atoms. The van der Waals surface area contributed by atoms with Crippen molar-refractivity contribution in [1.82, 2.24) is 18.8 Å². The van der Waals surface area contributed by atoms with Crippen molar-refractivity contribution < 1.29 is 13.5 Å². The van der Waals surface area contributed by atoms with Crippen LogP contribution in [-0.4, -0.2) is 52.1 Å². The molecule has 2 aliphatic carbocycles. The van der Waals surface area contributed by atoms with E-state index in [-0.39, 0.29) is 18.5 Å². The van der Waals surface area contributed by atoms with Gasteiger partial charge in [0.15, 0.2) is 0 Å². The fourth-order valence-electron chi connectivity index (χ4n) is 4.75. The Morgan fingerprint density at radius 1 is 1.28 bits per heavy atom. The van der Waals surface area contributed by atoms with E-state index in [2.05, 4.69) is 39.6 Å². The van der Waals surface area contributed by atoms with E-state index < -0.39 is 16.3 Å². The molecule has 3 atom stereocenters. The molecule has 0 saturated heterocycles. The normalized spacial score (nSPS) is 23.0. The summed E-state index contributed by atoms with van der Waals surface area (Å²) in [6, 6.07) is 10.6. The zero-order valence-corrected chi connectivity index (χ0v) is 18.5. The Bertz CT molecular complexity index is 1300. The number of aromatic nitrogens is 3. The number of benzene rings is 1. The molecule has 3 aromatic rings. The van der Waals surface area contributed by atoms with Crippen LogP contribution in [0.2, 0.25) is 0 Å². The second-order valence-corrected chi connectivity index (χ2v) is 10.2. The average Bonchev–Trinajstić information content (AvgIpc) is 3.45. The number of nitrogens with zero attached hydrogens (tertiary/aromatic N) is 4. The first kappa shape index (κ1) is 21.1. The predicted octanol–water partition coefficient (Wildman–Crippen LogP) is 1.89. The summed E-state index contributed by atoms with van der Waals surface area (Å²) in [5.41, 5.74) is 4.29. The van der Waals surface area contributed by atoms with Gasteiger partial charge >= 0.3 is 0 Å². The summed E-state index contributed by atoms with van der Waals surface area (Å²) in [6.07, 6.45) is 7.01. The lowest BCUT2D eigenvalue weighted by atomic mass is 10.1. The Labute approximate surface area is 186 Å². The van der Waals surface area contributed by atoms with Crippen molar-refractivity contribution in [3.05, 3.63) is 60.1 Å². The van der Waals surface area contributed by atoms with Crippen molar-refractivity contribution in [1.29, 1.82) is 0 Å². The molecule has 0 spiro atoms. The van der Waals surface area contributed by atoms with Gasteiger partial charge < -0.3 is 15.0 Å². The molecule has 0 radical (unpaired) electrons. The Morgan fingerprint density at radius 2 is 2.09 bits per heavy atom. The van der Waals surface area contributed by atoms with Crippen LogP contribution in [-0.2, 0) is 16.6 Å². The van der Waals surface area contributed by atoms with Crippen LogP contribution in [0.4, 0.5) is 5.82 Å². The van der Waals surface area contributed by atoms with Crippen LogP contribution in [0.15, 0.2) is 48.9 Å². The first-order valence-corrected chi connectivity index (χ1v) is 12.1. The molecule has 1 aromatic carbocycles. The van der Waals surface area contributed by atoms with E-state index in [4.69, 9.17) is 5.14 Å². The van der Waals surface area contributed by atoms with Crippen LogP contribution in [0.5, 0.6) is 0 Å². The van der Waals surface area contributed by atoms with Gasteiger partial charge in [0, 0.05) is 31.4 Å². The van der Waals surface area contributed by atoms with Crippen LogP contribution in [0.1, 0.15) is 30.0 Å². The van der Waals surface area contributed by atoms with Gasteiger partial charge in [0.25, 0.3) is 10.2 Å². The van der Waals surface area contributed by atoms with Gasteiger partial charge in [-0.3, -0.25) is 0 Å². The van der Waals surface area contributed by atoms with Gasteiger partial charge in [-0.25, -0.2) is 15.1 Å². The first-order chi connectivity index (χ1) is 15.3. The van der Waals surface area contributed by atoms with Gasteiger partial charge in [0.05, 0.1) is 17.5 Å². The Kier molecular flexibility index (Phi) is 5.25. The third-order valence-electron chi connectivity index (χ3n) is 6.48. The summed E-state index contributed by atoms with van der Waals surface area (Å²) >= 11 is 0. The van der Waals surface area contributed by atoms with Crippen LogP contribution in [0.25, 0.3) is 16.7 Å². The number of anilines is 1. The highest BCUT2D eigenvalue weighted by molar-refractivity contribution is 7.86. The van der Waals surface area contributed by atoms with E-state index in [1.165, 1.54) is 18.2 Å². The quantitative estimate of drug-likeness (QED) is 0.522. The molecule has 9 nitrogen and oxygen atoms in total. The molecule has 2 aliphatic rings. The molecule has 5 rings (SSSR count). The zero-order valence-electron chi connectivity index (χ0n) is 17.7. The predicted molar refractivity (Wildman–Crippen MR) is 123 cm³/mol. The smallest absolute Gasteiger partial charge is 0.276 e. The summed E-state index contributed by atoms with van der Waals surface area (Å²) < 4.78 is 26.1. The Balaban J connectivity index is 1.39. The largest absolute Gasteiger partial charge is 0.389 e. The van der Waals surface area contributed by atoms with Gasteiger partial charge in [-0.05, 0) is 42.5 Å². The SMILES string of the molecule is CN(C[C@@H]1CC(n2ccc3c(N[C@H]4CCc5ccccc54)ncnc32)=C[C@@H]1O)S(N)(=O)=O. The molecule has 168 valence electrons. The molecule has 10 heteroatoms. The average molecular weight is 455 g/mol. The summed E-state index contributed by atoms with van der Waals surface area (Å²) in [5.74, 6) is 0.500. The lowest BCUT2D eigenvalue weighted by Gasteiger charge is -2.21. The van der Waals surface area contributed by atoms with E-state index >= 15 is 0 Å². The number of hydrogen-bond donors (Lipinski definition) is 3. The van der Waals surface area contributed by atoms with Crippen molar-refractivity contribution in [2.75, 3.05) is 18.9 Å². The van der Waals surface area contributed by atoms with Gasteiger partial charge in [-0.2, -0.15) is 12.7 Å². The van der Waals surface area contributed by atoms with Crippen LogP contribution >= 0.6 is 0 Å². The number of allylic oxidation sites excluding steroid dienone is 1. The van der Waals surface area contributed by atoms with E-state index in [0.717, 1.165) is 39.7 Å². The van der Waals surface area contributed by atoms with Crippen molar-refractivity contribution in [3.8, 4) is 0 Å². The van der Waals surface area contributed by atoms with Gasteiger partial charge in [-0.15, -0.1) is 0 Å². The summed E-state index contributed by atoms with van der Waals surface area (Å²) in [6.45, 7) is 0.141. The highest BCUT2D eigenvalue weighted by Gasteiger charge is 2.31. The van der Waals surface area contributed by atoms with Gasteiger partial charge in [0.2, 0.25) is 0 Å². The fourth-order valence-corrected chi connectivity index (χ4v) is 5.15. The third kappa shape index (κ3) is 3.79. The summed E-state index contributed by atoms with van der Waals surface area (Å²) in [7, 11) is -2.38. The van der Waals surface area contributed by atoms with E-state index in [1.54, 1.807) is 12.4 Å². The maximum absolute atomic E-state index is 11.5. The number of aliphatic hydroxyl groups excluding tert-OH is 1. The molecule has 0 saturated carbocycles. The van der Waals surface area contributed by atoms with E-state index in [1.807, 2.05) is 16.8 Å². The molecule has 0 amide bonds. The van der Waals surface area contributed by atoms with Crippen molar-refractivity contribution in [2.24, 2.45) is 11.1 Å². The number of hydrogen-bond acceptors (Lipinski definition) is 6. The number of nitrogens with one attached hydrogen (secondary N) is 1. The topological polar surface area (TPSA) is 126 Å². The number of aliphatic hydroxyl groups is 1. The molecular weight excluding hydrogens is 428 g/mol. The first-order valence-electron chi connectivity index (χ1n) is 10.6. The van der Waals surface area contributed by atoms with Crippen molar-refractivity contribution in [3.63, 3.8) is 0 Å². The van der Waals surface area contributed by atoms with Gasteiger partial charge in [0.1, 0.15) is 17.8 Å². The van der Waals surface area contributed by atoms with Crippen molar-refractivity contribution >= 4 is 32.8 Å². The van der Waals surface area contributed by atoms with Crippen LogP contribution in [0, 0.1) is 5.92 Å².